The number of aliphatic hydroxyl groups excluding tert-OH is 1. The summed E-state index contributed by atoms with van der Waals surface area (Å²) in [4.78, 5) is 0.559. The lowest BCUT2D eigenvalue weighted by atomic mass is 10.2. The van der Waals surface area contributed by atoms with Gasteiger partial charge >= 0.3 is 0 Å². The minimum absolute atomic E-state index is 0.232. The van der Waals surface area contributed by atoms with Gasteiger partial charge in [-0.05, 0) is 29.9 Å². The molecule has 0 aromatic carbocycles. The van der Waals surface area contributed by atoms with Crippen LogP contribution in [0.1, 0.15) is 21.7 Å². The molecule has 0 saturated carbocycles. The first-order chi connectivity index (χ1) is 5.74. The van der Waals surface area contributed by atoms with E-state index in [1.807, 2.05) is 11.4 Å². The van der Waals surface area contributed by atoms with Crippen molar-refractivity contribution in [3.05, 3.63) is 21.9 Å². The first kappa shape index (κ1) is 10.3. The van der Waals surface area contributed by atoms with Gasteiger partial charge in [0, 0.05) is 11.5 Å². The van der Waals surface area contributed by atoms with Crippen LogP contribution in [0.3, 0.4) is 0 Å². The molecule has 1 heterocycles. The molecule has 0 aliphatic rings. The van der Waals surface area contributed by atoms with E-state index in [4.69, 9.17) is 28.3 Å². The number of alkyl halides is 2. The van der Waals surface area contributed by atoms with Crippen LogP contribution in [-0.4, -0.2) is 11.7 Å². The Balaban J connectivity index is 2.52. The zero-order valence-corrected chi connectivity index (χ0v) is 8.79. The van der Waals surface area contributed by atoms with Crippen molar-refractivity contribution in [2.24, 2.45) is 0 Å². The maximum Gasteiger partial charge on any atom is 0.141 e. The maximum absolute atomic E-state index is 8.59. The quantitative estimate of drug-likeness (QED) is 0.780. The summed E-state index contributed by atoms with van der Waals surface area (Å²) in [6.45, 7) is 0.232. The summed E-state index contributed by atoms with van der Waals surface area (Å²) in [6.07, 6.45) is 1.69. The summed E-state index contributed by atoms with van der Waals surface area (Å²) in [5.41, 5.74) is 1.20. The van der Waals surface area contributed by atoms with E-state index in [0.717, 1.165) is 17.7 Å². The molecule has 0 aliphatic heterocycles. The molecular formula is C8H10Cl2OS. The average molecular weight is 225 g/mol. The zero-order valence-electron chi connectivity index (χ0n) is 6.46. The molecule has 0 bridgehead atoms. The van der Waals surface area contributed by atoms with E-state index in [9.17, 15) is 0 Å². The lowest BCUT2D eigenvalue weighted by Gasteiger charge is -1.94. The predicted octanol–water partition coefficient (Wildman–Crippen LogP) is 3.15. The molecule has 0 atom stereocenters. The molecule has 1 aromatic heterocycles. The summed E-state index contributed by atoms with van der Waals surface area (Å²) >= 11 is 12.9. The van der Waals surface area contributed by atoms with Gasteiger partial charge in [0.05, 0.1) is 0 Å². The Morgan fingerprint density at radius 1 is 1.50 bits per heavy atom. The van der Waals surface area contributed by atoms with Gasteiger partial charge in [-0.3, -0.25) is 0 Å². The molecule has 68 valence electrons. The summed E-state index contributed by atoms with van der Waals surface area (Å²) in [5.74, 6) is 0. The first-order valence-corrected chi connectivity index (χ1v) is 5.45. The predicted molar refractivity (Wildman–Crippen MR) is 54.2 cm³/mol. The van der Waals surface area contributed by atoms with Crippen molar-refractivity contribution >= 4 is 34.5 Å². The molecule has 0 saturated heterocycles. The molecule has 0 amide bonds. The second kappa shape index (κ2) is 5.07. The molecule has 1 aromatic rings. The number of hydrogen-bond donors (Lipinski definition) is 1. The minimum Gasteiger partial charge on any atom is -0.396 e. The summed E-state index contributed by atoms with van der Waals surface area (Å²) < 4.78 is 0. The Morgan fingerprint density at radius 3 is 2.75 bits per heavy atom. The normalized spacial score (nSPS) is 11.0. The molecule has 4 heteroatoms. The van der Waals surface area contributed by atoms with Gasteiger partial charge in [-0.25, -0.2) is 0 Å². The highest BCUT2D eigenvalue weighted by Crippen LogP contribution is 2.30. The Bertz CT molecular complexity index is 235. The van der Waals surface area contributed by atoms with Crippen molar-refractivity contribution in [3.8, 4) is 0 Å². The van der Waals surface area contributed by atoms with E-state index in [-0.39, 0.29) is 6.61 Å². The van der Waals surface area contributed by atoms with Crippen LogP contribution in [0.2, 0.25) is 0 Å². The van der Waals surface area contributed by atoms with Gasteiger partial charge in [0.25, 0.3) is 0 Å². The Labute approximate surface area is 85.9 Å². The van der Waals surface area contributed by atoms with Crippen LogP contribution in [0.25, 0.3) is 0 Å². The highest BCUT2D eigenvalue weighted by Gasteiger charge is 2.06. The Kier molecular flexibility index (Phi) is 4.36. The summed E-state index contributed by atoms with van der Waals surface area (Å²) in [5, 5.41) is 10.6. The third-order valence-electron chi connectivity index (χ3n) is 1.51. The van der Waals surface area contributed by atoms with Crippen molar-refractivity contribution in [1.82, 2.24) is 0 Å². The van der Waals surface area contributed by atoms with Crippen LogP contribution in [0.15, 0.2) is 11.4 Å². The highest BCUT2D eigenvalue weighted by molar-refractivity contribution is 7.10. The SMILES string of the molecule is OCCCc1csc(C(Cl)Cl)c1. The van der Waals surface area contributed by atoms with E-state index in [0.29, 0.717) is 0 Å². The number of thiophene rings is 1. The molecule has 1 N–H and O–H groups in total. The molecule has 0 unspecified atom stereocenters. The van der Waals surface area contributed by atoms with Crippen LogP contribution in [0.4, 0.5) is 0 Å². The van der Waals surface area contributed by atoms with E-state index >= 15 is 0 Å². The monoisotopic (exact) mass is 224 g/mol. The van der Waals surface area contributed by atoms with Gasteiger partial charge in [0.2, 0.25) is 0 Å². The van der Waals surface area contributed by atoms with Crippen molar-refractivity contribution in [2.75, 3.05) is 6.61 Å². The van der Waals surface area contributed by atoms with Crippen LogP contribution in [0.5, 0.6) is 0 Å². The number of rotatable bonds is 4. The molecule has 12 heavy (non-hydrogen) atoms. The number of aryl methyl sites for hydroxylation is 1. The van der Waals surface area contributed by atoms with Gasteiger partial charge < -0.3 is 5.11 Å². The maximum atomic E-state index is 8.59. The van der Waals surface area contributed by atoms with Crippen molar-refractivity contribution < 1.29 is 5.11 Å². The van der Waals surface area contributed by atoms with Gasteiger partial charge in [-0.1, -0.05) is 23.2 Å². The van der Waals surface area contributed by atoms with Crippen molar-refractivity contribution in [2.45, 2.75) is 17.7 Å². The fourth-order valence-electron chi connectivity index (χ4n) is 0.923. The lowest BCUT2D eigenvalue weighted by Crippen LogP contribution is -1.86. The van der Waals surface area contributed by atoms with Gasteiger partial charge in [-0.2, -0.15) is 0 Å². The largest absolute Gasteiger partial charge is 0.396 e. The van der Waals surface area contributed by atoms with Crippen molar-refractivity contribution in [1.29, 1.82) is 0 Å². The van der Waals surface area contributed by atoms with Crippen molar-refractivity contribution in [3.63, 3.8) is 0 Å². The number of hydrogen-bond acceptors (Lipinski definition) is 2. The zero-order chi connectivity index (χ0) is 8.97. The smallest absolute Gasteiger partial charge is 0.141 e. The standard InChI is InChI=1S/C8H10Cl2OS/c9-8(10)7-4-6(5-12-7)2-1-3-11/h4-5,8,11H,1-3H2. The van der Waals surface area contributed by atoms with Crippen LogP contribution < -0.4 is 0 Å². The molecule has 1 rings (SSSR count). The molecule has 0 fully saturated rings. The van der Waals surface area contributed by atoms with Gasteiger partial charge in [-0.15, -0.1) is 11.3 Å². The third kappa shape index (κ3) is 2.94. The molecule has 0 spiro atoms. The Hall–Kier alpha value is 0.240. The first-order valence-electron chi connectivity index (χ1n) is 3.70. The molecule has 0 radical (unpaired) electrons. The van der Waals surface area contributed by atoms with Crippen LogP contribution in [-0.2, 0) is 6.42 Å². The average Bonchev–Trinajstić information content (AvgIpc) is 2.48. The van der Waals surface area contributed by atoms with E-state index < -0.39 is 4.84 Å². The van der Waals surface area contributed by atoms with Crippen LogP contribution in [0, 0.1) is 0 Å². The molecular weight excluding hydrogens is 215 g/mol. The fraction of sp³-hybridized carbons (Fsp3) is 0.500. The topological polar surface area (TPSA) is 20.2 Å². The summed E-state index contributed by atoms with van der Waals surface area (Å²) in [6, 6.07) is 1.99. The molecule has 1 nitrogen and oxygen atoms in total. The van der Waals surface area contributed by atoms with Gasteiger partial charge in [0.1, 0.15) is 4.84 Å². The second-order valence-electron chi connectivity index (χ2n) is 2.49. The number of aliphatic hydroxyl groups is 1. The third-order valence-corrected chi connectivity index (χ3v) is 3.29. The van der Waals surface area contributed by atoms with Gasteiger partial charge in [0.15, 0.2) is 0 Å². The fourth-order valence-corrected chi connectivity index (χ4v) is 2.15. The highest BCUT2D eigenvalue weighted by atomic mass is 35.5. The number of halogens is 2. The van der Waals surface area contributed by atoms with E-state index in [1.54, 1.807) is 11.3 Å². The van der Waals surface area contributed by atoms with E-state index in [2.05, 4.69) is 0 Å². The van der Waals surface area contributed by atoms with E-state index in [1.165, 1.54) is 5.56 Å². The summed E-state index contributed by atoms with van der Waals surface area (Å²) in [7, 11) is 0. The minimum atomic E-state index is -0.419. The lowest BCUT2D eigenvalue weighted by molar-refractivity contribution is 0.288. The second-order valence-corrected chi connectivity index (χ2v) is 4.52. The van der Waals surface area contributed by atoms with Crippen LogP contribution >= 0.6 is 34.5 Å². The Morgan fingerprint density at radius 2 is 2.25 bits per heavy atom. The molecule has 0 aliphatic carbocycles.